The minimum atomic E-state index is -0.396. The van der Waals surface area contributed by atoms with Gasteiger partial charge in [-0.15, -0.1) is 0 Å². The summed E-state index contributed by atoms with van der Waals surface area (Å²) in [6.07, 6.45) is 1.80. The van der Waals surface area contributed by atoms with Crippen LogP contribution in [0.4, 0.5) is 11.4 Å². The molecule has 0 heterocycles. The van der Waals surface area contributed by atoms with Gasteiger partial charge in [-0.05, 0) is 66.2 Å². The number of esters is 1. The van der Waals surface area contributed by atoms with E-state index in [2.05, 4.69) is 20.9 Å². The van der Waals surface area contributed by atoms with E-state index in [1.54, 1.807) is 42.6 Å². The molecule has 0 unspecified atom stereocenters. The van der Waals surface area contributed by atoms with Crippen LogP contribution in [0.5, 0.6) is 5.75 Å². The lowest BCUT2D eigenvalue weighted by Crippen LogP contribution is -2.08. The molecule has 3 rings (SSSR count). The molecule has 0 radical (unpaired) electrons. The highest BCUT2D eigenvalue weighted by Crippen LogP contribution is 2.19. The maximum absolute atomic E-state index is 12.2. The molecule has 0 aliphatic heterocycles. The van der Waals surface area contributed by atoms with Crippen molar-refractivity contribution in [3.05, 3.63) is 88.4 Å². The maximum atomic E-state index is 12.2. The zero-order valence-electron chi connectivity index (χ0n) is 15.1. The number of anilines is 1. The fraction of sp³-hybridized carbons (Fsp3) is 0.0909. The molecular formula is C22H19BrN2O2. The summed E-state index contributed by atoms with van der Waals surface area (Å²) in [7, 11) is 4.01. The smallest absolute Gasteiger partial charge is 0.343 e. The standard InChI is InChI=1S/C22H19BrN2O2/c1-25(2)20-11-3-16(4-12-20)15-24-19-9-5-17(6-10-19)22(26)27-21-13-7-18(23)8-14-21/h3-15H,1-2H3. The van der Waals surface area contributed by atoms with Crippen molar-refractivity contribution < 1.29 is 9.53 Å². The van der Waals surface area contributed by atoms with E-state index in [9.17, 15) is 4.79 Å². The van der Waals surface area contributed by atoms with E-state index in [0.717, 1.165) is 21.4 Å². The third kappa shape index (κ3) is 5.28. The SMILES string of the molecule is CN(C)c1ccc(C=Nc2ccc(C(=O)Oc3ccc(Br)cc3)cc2)cc1. The first kappa shape index (κ1) is 18.9. The average Bonchev–Trinajstić information content (AvgIpc) is 2.69. The van der Waals surface area contributed by atoms with Crippen molar-refractivity contribution in [1.29, 1.82) is 0 Å². The Morgan fingerprint density at radius 1 is 0.926 bits per heavy atom. The summed E-state index contributed by atoms with van der Waals surface area (Å²) in [4.78, 5) is 18.7. The van der Waals surface area contributed by atoms with Gasteiger partial charge in [0.15, 0.2) is 0 Å². The number of carbonyl (C=O) groups is 1. The Labute approximate surface area is 167 Å². The molecule has 0 saturated carbocycles. The predicted molar refractivity (Wildman–Crippen MR) is 114 cm³/mol. The van der Waals surface area contributed by atoms with Gasteiger partial charge < -0.3 is 9.64 Å². The minimum Gasteiger partial charge on any atom is -0.423 e. The van der Waals surface area contributed by atoms with E-state index in [4.69, 9.17) is 4.74 Å². The second kappa shape index (κ2) is 8.64. The number of rotatable bonds is 5. The number of hydrogen-bond donors (Lipinski definition) is 0. The summed E-state index contributed by atoms with van der Waals surface area (Å²) in [5.41, 5.74) is 3.40. The van der Waals surface area contributed by atoms with Crippen LogP contribution < -0.4 is 9.64 Å². The van der Waals surface area contributed by atoms with Crippen LogP contribution in [0.1, 0.15) is 15.9 Å². The highest BCUT2D eigenvalue weighted by atomic mass is 79.9. The quantitative estimate of drug-likeness (QED) is 0.310. The lowest BCUT2D eigenvalue weighted by Gasteiger charge is -2.11. The highest BCUT2D eigenvalue weighted by Gasteiger charge is 2.08. The van der Waals surface area contributed by atoms with Gasteiger partial charge in [0.25, 0.3) is 0 Å². The van der Waals surface area contributed by atoms with Crippen molar-refractivity contribution in [3.8, 4) is 5.75 Å². The molecule has 0 aliphatic rings. The Morgan fingerprint density at radius 2 is 1.56 bits per heavy atom. The second-order valence-electron chi connectivity index (χ2n) is 6.13. The molecule has 0 aliphatic carbocycles. The van der Waals surface area contributed by atoms with Crippen LogP contribution in [0, 0.1) is 0 Å². The predicted octanol–water partition coefficient (Wildman–Crippen LogP) is 5.48. The van der Waals surface area contributed by atoms with E-state index >= 15 is 0 Å². The molecule has 3 aromatic rings. The van der Waals surface area contributed by atoms with Gasteiger partial charge in [-0.2, -0.15) is 0 Å². The van der Waals surface area contributed by atoms with Gasteiger partial charge in [-0.1, -0.05) is 28.1 Å². The molecule has 0 atom stereocenters. The Bertz CT molecular complexity index is 932. The number of ether oxygens (including phenoxy) is 1. The summed E-state index contributed by atoms with van der Waals surface area (Å²) >= 11 is 3.35. The molecular weight excluding hydrogens is 404 g/mol. The average molecular weight is 423 g/mol. The molecule has 4 nitrogen and oxygen atoms in total. The monoisotopic (exact) mass is 422 g/mol. The summed E-state index contributed by atoms with van der Waals surface area (Å²) < 4.78 is 6.28. The summed E-state index contributed by atoms with van der Waals surface area (Å²) in [5.74, 6) is 0.110. The summed E-state index contributed by atoms with van der Waals surface area (Å²) in [6, 6.07) is 22.3. The van der Waals surface area contributed by atoms with Crippen molar-refractivity contribution in [2.75, 3.05) is 19.0 Å². The lowest BCUT2D eigenvalue weighted by atomic mass is 10.2. The van der Waals surface area contributed by atoms with Crippen LogP contribution in [0.25, 0.3) is 0 Å². The molecule has 27 heavy (non-hydrogen) atoms. The molecule has 0 bridgehead atoms. The van der Waals surface area contributed by atoms with E-state index in [-0.39, 0.29) is 0 Å². The van der Waals surface area contributed by atoms with E-state index in [0.29, 0.717) is 11.3 Å². The molecule has 0 fully saturated rings. The fourth-order valence-corrected chi connectivity index (χ4v) is 2.62. The van der Waals surface area contributed by atoms with Gasteiger partial charge in [-0.25, -0.2) is 4.79 Å². The van der Waals surface area contributed by atoms with Crippen LogP contribution in [-0.2, 0) is 0 Å². The number of nitrogens with zero attached hydrogens (tertiary/aromatic N) is 2. The van der Waals surface area contributed by atoms with Gasteiger partial charge in [0.2, 0.25) is 0 Å². The molecule has 5 heteroatoms. The Morgan fingerprint density at radius 3 is 2.15 bits per heavy atom. The molecule has 0 aromatic heterocycles. The largest absolute Gasteiger partial charge is 0.423 e. The number of carbonyl (C=O) groups excluding carboxylic acids is 1. The Kier molecular flexibility index (Phi) is 6.04. The molecule has 0 saturated heterocycles. The van der Waals surface area contributed by atoms with Crippen molar-refractivity contribution in [1.82, 2.24) is 0 Å². The third-order valence-corrected chi connectivity index (χ3v) is 4.43. The zero-order valence-corrected chi connectivity index (χ0v) is 16.7. The molecule has 136 valence electrons. The molecule has 3 aromatic carbocycles. The highest BCUT2D eigenvalue weighted by molar-refractivity contribution is 9.10. The van der Waals surface area contributed by atoms with E-state index in [1.807, 2.05) is 55.4 Å². The van der Waals surface area contributed by atoms with Crippen LogP contribution in [0.2, 0.25) is 0 Å². The fourth-order valence-electron chi connectivity index (χ4n) is 2.36. The first-order valence-electron chi connectivity index (χ1n) is 8.40. The number of benzene rings is 3. The zero-order chi connectivity index (χ0) is 19.2. The van der Waals surface area contributed by atoms with Crippen molar-refractivity contribution in [3.63, 3.8) is 0 Å². The first-order valence-corrected chi connectivity index (χ1v) is 9.20. The minimum absolute atomic E-state index is 0.396. The van der Waals surface area contributed by atoms with Crippen LogP contribution in [0.3, 0.4) is 0 Å². The third-order valence-electron chi connectivity index (χ3n) is 3.90. The Hall–Kier alpha value is -2.92. The van der Waals surface area contributed by atoms with E-state index in [1.165, 1.54) is 0 Å². The summed E-state index contributed by atoms with van der Waals surface area (Å²) in [6.45, 7) is 0. The van der Waals surface area contributed by atoms with Gasteiger partial charge in [-0.3, -0.25) is 4.99 Å². The van der Waals surface area contributed by atoms with Gasteiger partial charge >= 0.3 is 5.97 Å². The van der Waals surface area contributed by atoms with Crippen LogP contribution in [0.15, 0.2) is 82.3 Å². The maximum Gasteiger partial charge on any atom is 0.343 e. The molecule has 0 amide bonds. The van der Waals surface area contributed by atoms with Gasteiger partial charge in [0.1, 0.15) is 5.75 Å². The van der Waals surface area contributed by atoms with E-state index < -0.39 is 5.97 Å². The van der Waals surface area contributed by atoms with Crippen molar-refractivity contribution in [2.45, 2.75) is 0 Å². The lowest BCUT2D eigenvalue weighted by molar-refractivity contribution is 0.0735. The van der Waals surface area contributed by atoms with Gasteiger partial charge in [0.05, 0.1) is 11.3 Å². The second-order valence-corrected chi connectivity index (χ2v) is 7.05. The van der Waals surface area contributed by atoms with Crippen molar-refractivity contribution >= 4 is 39.5 Å². The molecule has 0 N–H and O–H groups in total. The molecule has 0 spiro atoms. The number of halogens is 1. The van der Waals surface area contributed by atoms with Crippen molar-refractivity contribution in [2.24, 2.45) is 4.99 Å². The topological polar surface area (TPSA) is 41.9 Å². The van der Waals surface area contributed by atoms with Crippen LogP contribution >= 0.6 is 15.9 Å². The van der Waals surface area contributed by atoms with Gasteiger partial charge in [0, 0.05) is 30.5 Å². The van der Waals surface area contributed by atoms with Crippen LogP contribution in [-0.4, -0.2) is 26.3 Å². The first-order chi connectivity index (χ1) is 13.0. The summed E-state index contributed by atoms with van der Waals surface area (Å²) in [5, 5.41) is 0. The normalized spacial score (nSPS) is 10.8. The Balaban J connectivity index is 1.64. The number of hydrogen-bond acceptors (Lipinski definition) is 4. The number of aliphatic imine (C=N–C) groups is 1.